The van der Waals surface area contributed by atoms with Gasteiger partial charge in [-0.1, -0.05) is 53.7 Å². The van der Waals surface area contributed by atoms with Crippen molar-refractivity contribution in [2.24, 2.45) is 11.3 Å². The van der Waals surface area contributed by atoms with Crippen molar-refractivity contribution >= 4 is 0 Å². The van der Waals surface area contributed by atoms with Crippen molar-refractivity contribution in [2.75, 3.05) is 26.2 Å². The predicted octanol–water partition coefficient (Wildman–Crippen LogP) is 4.87. The van der Waals surface area contributed by atoms with E-state index in [0.717, 1.165) is 31.2 Å². The molecular formula is C23H39NO2. The lowest BCUT2D eigenvalue weighted by atomic mass is 9.72. The highest BCUT2D eigenvalue weighted by Gasteiger charge is 2.27. The molecule has 0 aromatic heterocycles. The largest absolute Gasteiger partial charge is 0.491 e. The van der Waals surface area contributed by atoms with Crippen molar-refractivity contribution in [3.05, 3.63) is 29.8 Å². The molecule has 2 rings (SSSR count). The summed E-state index contributed by atoms with van der Waals surface area (Å²) in [5, 5.41) is 10.3. The molecule has 1 aromatic rings. The molecule has 0 amide bonds. The molecule has 0 unspecified atom stereocenters. The number of β-amino-alcohol motifs (C(OH)–C–C–N with tert-alkyl or cyclic N) is 1. The molecule has 3 heteroatoms. The number of hydrogen-bond donors (Lipinski definition) is 1. The standard InChI is InChI=1S/C23H39NO2/c1-18-11-13-24(14-12-18)15-20(25)16-26-21-9-7-19(8-10-21)23(5,6)17-22(2,3)4/h7-10,18,20,25H,11-17H2,1-6H3/t20-/m0/s1. The SMILES string of the molecule is CC1CCN(C[C@H](O)COc2ccc(C(C)(C)CC(C)(C)C)cc2)CC1. The van der Waals surface area contributed by atoms with Gasteiger partial charge in [0.1, 0.15) is 18.5 Å². The quantitative estimate of drug-likeness (QED) is 0.752. The lowest BCUT2D eigenvalue weighted by molar-refractivity contribution is 0.0563. The number of likely N-dealkylation sites (tertiary alicyclic amines) is 1. The summed E-state index contributed by atoms with van der Waals surface area (Å²) < 4.78 is 5.82. The van der Waals surface area contributed by atoms with E-state index in [4.69, 9.17) is 4.74 Å². The summed E-state index contributed by atoms with van der Waals surface area (Å²) in [7, 11) is 0. The monoisotopic (exact) mass is 361 g/mol. The van der Waals surface area contributed by atoms with Crippen molar-refractivity contribution in [1.29, 1.82) is 0 Å². The first-order valence-electron chi connectivity index (χ1n) is 10.2. The number of rotatable bonds is 7. The van der Waals surface area contributed by atoms with Crippen LogP contribution in [0.5, 0.6) is 5.75 Å². The Morgan fingerprint density at radius 1 is 1.08 bits per heavy atom. The second kappa shape index (κ2) is 8.75. The molecule has 1 N–H and O–H groups in total. The van der Waals surface area contributed by atoms with Gasteiger partial charge in [-0.15, -0.1) is 0 Å². The van der Waals surface area contributed by atoms with E-state index in [1.807, 2.05) is 12.1 Å². The van der Waals surface area contributed by atoms with Crippen LogP contribution in [0.1, 0.15) is 66.4 Å². The maximum absolute atomic E-state index is 10.3. The Kier molecular flexibility index (Phi) is 7.15. The smallest absolute Gasteiger partial charge is 0.119 e. The molecule has 0 radical (unpaired) electrons. The molecule has 1 aromatic carbocycles. The lowest BCUT2D eigenvalue weighted by Crippen LogP contribution is -2.40. The topological polar surface area (TPSA) is 32.7 Å². The van der Waals surface area contributed by atoms with E-state index < -0.39 is 6.10 Å². The summed E-state index contributed by atoms with van der Waals surface area (Å²) in [6.07, 6.45) is 3.17. The van der Waals surface area contributed by atoms with Crippen molar-refractivity contribution in [1.82, 2.24) is 4.90 Å². The van der Waals surface area contributed by atoms with Crippen LogP contribution in [0, 0.1) is 11.3 Å². The minimum atomic E-state index is -0.430. The van der Waals surface area contributed by atoms with E-state index in [9.17, 15) is 5.11 Å². The summed E-state index contributed by atoms with van der Waals surface area (Å²) in [4.78, 5) is 2.35. The first kappa shape index (κ1) is 21.2. The Hall–Kier alpha value is -1.06. The van der Waals surface area contributed by atoms with Gasteiger partial charge < -0.3 is 14.7 Å². The van der Waals surface area contributed by atoms with Crippen LogP contribution in [-0.2, 0) is 5.41 Å². The van der Waals surface area contributed by atoms with E-state index in [0.29, 0.717) is 18.6 Å². The Labute approximate surface area is 160 Å². The molecule has 0 bridgehead atoms. The molecule has 1 heterocycles. The summed E-state index contributed by atoms with van der Waals surface area (Å²) in [5.41, 5.74) is 1.78. The third-order valence-corrected chi connectivity index (χ3v) is 5.40. The second-order valence-corrected chi connectivity index (χ2v) is 10.1. The average molecular weight is 362 g/mol. The number of ether oxygens (including phenoxy) is 1. The zero-order valence-electron chi connectivity index (χ0n) is 17.7. The molecule has 1 atom stereocenters. The van der Waals surface area contributed by atoms with Crippen molar-refractivity contribution in [3.8, 4) is 5.75 Å². The number of benzene rings is 1. The number of piperidine rings is 1. The van der Waals surface area contributed by atoms with Gasteiger partial charge in [-0.05, 0) is 66.8 Å². The third-order valence-electron chi connectivity index (χ3n) is 5.40. The lowest BCUT2D eigenvalue weighted by Gasteiger charge is -2.33. The van der Waals surface area contributed by atoms with E-state index in [1.54, 1.807) is 0 Å². The fourth-order valence-electron chi connectivity index (χ4n) is 4.22. The highest BCUT2D eigenvalue weighted by Crippen LogP contribution is 2.36. The molecule has 1 saturated heterocycles. The molecule has 26 heavy (non-hydrogen) atoms. The maximum Gasteiger partial charge on any atom is 0.119 e. The Morgan fingerprint density at radius 2 is 1.65 bits per heavy atom. The van der Waals surface area contributed by atoms with Crippen LogP contribution in [0.25, 0.3) is 0 Å². The summed E-state index contributed by atoms with van der Waals surface area (Å²) in [6, 6.07) is 8.41. The van der Waals surface area contributed by atoms with E-state index in [1.165, 1.54) is 18.4 Å². The van der Waals surface area contributed by atoms with E-state index in [2.05, 4.69) is 58.6 Å². The zero-order chi connectivity index (χ0) is 19.4. The van der Waals surface area contributed by atoms with Gasteiger partial charge in [0.25, 0.3) is 0 Å². The normalized spacial score (nSPS) is 18.7. The van der Waals surface area contributed by atoms with Crippen LogP contribution >= 0.6 is 0 Å². The molecule has 3 nitrogen and oxygen atoms in total. The highest BCUT2D eigenvalue weighted by molar-refractivity contribution is 5.31. The second-order valence-electron chi connectivity index (χ2n) is 10.1. The fourth-order valence-corrected chi connectivity index (χ4v) is 4.22. The van der Waals surface area contributed by atoms with Gasteiger partial charge >= 0.3 is 0 Å². The molecule has 0 spiro atoms. The molecular weight excluding hydrogens is 322 g/mol. The van der Waals surface area contributed by atoms with Gasteiger partial charge in [0.15, 0.2) is 0 Å². The summed E-state index contributed by atoms with van der Waals surface area (Å²) >= 11 is 0. The molecule has 1 aliphatic rings. The Bertz CT molecular complexity index is 536. The third kappa shape index (κ3) is 6.92. The molecule has 1 aliphatic heterocycles. The highest BCUT2D eigenvalue weighted by atomic mass is 16.5. The molecule has 1 fully saturated rings. The molecule has 148 valence electrons. The van der Waals surface area contributed by atoms with Gasteiger partial charge in [-0.3, -0.25) is 0 Å². The van der Waals surface area contributed by atoms with Gasteiger partial charge in [-0.2, -0.15) is 0 Å². The van der Waals surface area contributed by atoms with Crippen LogP contribution in [0.4, 0.5) is 0 Å². The van der Waals surface area contributed by atoms with Crippen LogP contribution in [0.15, 0.2) is 24.3 Å². The van der Waals surface area contributed by atoms with Crippen LogP contribution in [-0.4, -0.2) is 42.4 Å². The molecule has 0 aliphatic carbocycles. The Balaban J connectivity index is 1.81. The maximum atomic E-state index is 10.3. The predicted molar refractivity (Wildman–Crippen MR) is 110 cm³/mol. The van der Waals surface area contributed by atoms with Crippen LogP contribution in [0.2, 0.25) is 0 Å². The minimum absolute atomic E-state index is 0.141. The van der Waals surface area contributed by atoms with Crippen molar-refractivity contribution in [2.45, 2.75) is 72.3 Å². The number of nitrogens with zero attached hydrogens (tertiary/aromatic N) is 1. The summed E-state index contributed by atoms with van der Waals surface area (Å²) in [6.45, 7) is 17.0. The number of aliphatic hydroxyl groups excluding tert-OH is 1. The van der Waals surface area contributed by atoms with Crippen molar-refractivity contribution in [3.63, 3.8) is 0 Å². The van der Waals surface area contributed by atoms with Gasteiger partial charge in [0.2, 0.25) is 0 Å². The average Bonchev–Trinajstić information content (AvgIpc) is 2.53. The number of aliphatic hydroxyl groups is 1. The first-order valence-corrected chi connectivity index (χ1v) is 10.2. The molecule has 0 saturated carbocycles. The van der Waals surface area contributed by atoms with Crippen molar-refractivity contribution < 1.29 is 9.84 Å². The van der Waals surface area contributed by atoms with Gasteiger partial charge in [0, 0.05) is 6.54 Å². The fraction of sp³-hybridized carbons (Fsp3) is 0.739. The minimum Gasteiger partial charge on any atom is -0.491 e. The van der Waals surface area contributed by atoms with Crippen LogP contribution in [0.3, 0.4) is 0 Å². The van der Waals surface area contributed by atoms with E-state index >= 15 is 0 Å². The van der Waals surface area contributed by atoms with Crippen LogP contribution < -0.4 is 4.74 Å². The van der Waals surface area contributed by atoms with Gasteiger partial charge in [0.05, 0.1) is 0 Å². The van der Waals surface area contributed by atoms with Gasteiger partial charge in [-0.25, -0.2) is 0 Å². The summed E-state index contributed by atoms with van der Waals surface area (Å²) in [5.74, 6) is 1.66. The first-order chi connectivity index (χ1) is 12.0. The Morgan fingerprint density at radius 3 is 2.19 bits per heavy atom. The zero-order valence-corrected chi connectivity index (χ0v) is 17.7. The number of hydrogen-bond acceptors (Lipinski definition) is 3. The van der Waals surface area contributed by atoms with E-state index in [-0.39, 0.29) is 5.41 Å².